The summed E-state index contributed by atoms with van der Waals surface area (Å²) in [5, 5.41) is 8.62. The molecule has 5 rings (SSSR count). The van der Waals surface area contributed by atoms with E-state index in [0.717, 1.165) is 11.1 Å². The van der Waals surface area contributed by atoms with Crippen molar-refractivity contribution in [2.24, 2.45) is 5.92 Å². The average Bonchev–Trinajstić information content (AvgIpc) is 3.15. The van der Waals surface area contributed by atoms with Crippen LogP contribution < -0.4 is 30.2 Å². The molecule has 0 aliphatic carbocycles. The molecule has 13 nitrogen and oxygen atoms in total. The van der Waals surface area contributed by atoms with Crippen LogP contribution in [0.2, 0.25) is 0 Å². The van der Waals surface area contributed by atoms with Gasteiger partial charge in [-0.25, -0.2) is 0 Å². The molecule has 5 amide bonds. The van der Waals surface area contributed by atoms with Gasteiger partial charge in [0.1, 0.15) is 37.7 Å². The summed E-state index contributed by atoms with van der Waals surface area (Å²) in [6.07, 6.45) is 0.804. The first kappa shape index (κ1) is 38.6. The second kappa shape index (κ2) is 18.3. The second-order valence-electron chi connectivity index (χ2n) is 13.9. The van der Waals surface area contributed by atoms with Crippen LogP contribution in [0.3, 0.4) is 0 Å². The zero-order chi connectivity index (χ0) is 37.9. The Morgan fingerprint density at radius 2 is 1.57 bits per heavy atom. The minimum atomic E-state index is -1.27. The predicted octanol–water partition coefficient (Wildman–Crippen LogP) is 2.76. The van der Waals surface area contributed by atoms with Crippen molar-refractivity contribution >= 4 is 29.5 Å². The van der Waals surface area contributed by atoms with E-state index < -0.39 is 54.1 Å². The molecule has 0 fully saturated rings. The van der Waals surface area contributed by atoms with Gasteiger partial charge in [-0.05, 0) is 60.6 Å². The topological polar surface area (TPSA) is 156 Å². The Labute approximate surface area is 310 Å². The molecule has 2 aliphatic heterocycles. The van der Waals surface area contributed by atoms with Gasteiger partial charge >= 0.3 is 0 Å². The lowest BCUT2D eigenvalue weighted by Gasteiger charge is -2.32. The lowest BCUT2D eigenvalue weighted by Crippen LogP contribution is -2.54. The largest absolute Gasteiger partial charge is 0.491 e. The summed E-state index contributed by atoms with van der Waals surface area (Å²) in [6, 6.07) is 19.1. The number of para-hydroxylation sites is 1. The lowest BCUT2D eigenvalue weighted by molar-refractivity contribution is -0.146. The molecule has 3 N–H and O–H groups in total. The third-order valence-electron chi connectivity index (χ3n) is 9.18. The van der Waals surface area contributed by atoms with Gasteiger partial charge in [-0.3, -0.25) is 24.0 Å². The molecule has 3 atom stereocenters. The number of fused-ring (bicyclic) bond motifs is 2. The summed E-state index contributed by atoms with van der Waals surface area (Å²) >= 11 is 0. The Morgan fingerprint density at radius 3 is 2.32 bits per heavy atom. The quantitative estimate of drug-likeness (QED) is 0.320. The summed E-state index contributed by atoms with van der Waals surface area (Å²) < 4.78 is 17.4. The number of hydrogen-bond donors (Lipinski definition) is 3. The molecule has 2 heterocycles. The van der Waals surface area contributed by atoms with E-state index in [4.69, 9.17) is 14.2 Å². The van der Waals surface area contributed by atoms with E-state index in [1.54, 1.807) is 24.3 Å². The van der Waals surface area contributed by atoms with E-state index >= 15 is 0 Å². The van der Waals surface area contributed by atoms with Crippen LogP contribution in [0.15, 0.2) is 72.8 Å². The van der Waals surface area contributed by atoms with Crippen molar-refractivity contribution in [2.75, 3.05) is 47.0 Å². The number of ether oxygens (including phenoxy) is 3. The molecule has 53 heavy (non-hydrogen) atoms. The zero-order valence-corrected chi connectivity index (χ0v) is 30.8. The van der Waals surface area contributed by atoms with Crippen molar-refractivity contribution in [3.05, 3.63) is 89.5 Å². The Balaban J connectivity index is 1.41. The number of likely N-dealkylation sites (N-methyl/N-ethyl adjacent to an activating group) is 2. The van der Waals surface area contributed by atoms with Crippen molar-refractivity contribution in [3.63, 3.8) is 0 Å². The molecular weight excluding hydrogens is 678 g/mol. The fraction of sp³-hybridized carbons (Fsp3) is 0.425. The fourth-order valence-electron chi connectivity index (χ4n) is 6.35. The highest BCUT2D eigenvalue weighted by Crippen LogP contribution is 2.31. The minimum absolute atomic E-state index is 0.0174. The minimum Gasteiger partial charge on any atom is -0.491 e. The summed E-state index contributed by atoms with van der Waals surface area (Å²) in [5.74, 6) is -0.946. The summed E-state index contributed by atoms with van der Waals surface area (Å²) in [7, 11) is 3.03. The third kappa shape index (κ3) is 10.7. The van der Waals surface area contributed by atoms with Gasteiger partial charge in [-0.1, -0.05) is 62.4 Å². The van der Waals surface area contributed by atoms with E-state index in [2.05, 4.69) is 16.0 Å². The standard InChI is InChI=1S/C40H49N5O8/c1-26(2)20-32-40(50)44(3)24-36(46)42-29(21-27-10-6-5-7-11-27)25-53-33-13-9-8-12-30(33)38(48)43-31(23-37(47)45(32)4)39(49)41-17-16-28-14-15-34-35(22-28)52-19-18-51-34/h5-15,22,26,29,31-32H,16-21,23-25H2,1-4H3,(H,41,49)(H,42,46)(H,43,48)/t29-,31+,32+/m1/s1. The van der Waals surface area contributed by atoms with Crippen LogP contribution in [0, 0.1) is 5.92 Å². The highest BCUT2D eigenvalue weighted by Gasteiger charge is 2.34. The van der Waals surface area contributed by atoms with Crippen LogP contribution in [-0.4, -0.2) is 104 Å². The lowest BCUT2D eigenvalue weighted by atomic mass is 10.0. The van der Waals surface area contributed by atoms with Gasteiger partial charge in [0.15, 0.2) is 11.5 Å². The molecule has 0 bridgehead atoms. The number of rotatable bonds is 8. The van der Waals surface area contributed by atoms with Crippen molar-refractivity contribution in [1.82, 2.24) is 25.8 Å². The van der Waals surface area contributed by atoms with Crippen molar-refractivity contribution < 1.29 is 38.2 Å². The van der Waals surface area contributed by atoms with Crippen molar-refractivity contribution in [2.45, 2.75) is 57.7 Å². The summed E-state index contributed by atoms with van der Waals surface area (Å²) in [4.78, 5) is 71.3. The van der Waals surface area contributed by atoms with Gasteiger partial charge in [0.2, 0.25) is 23.6 Å². The molecule has 13 heteroatoms. The number of hydrogen-bond acceptors (Lipinski definition) is 8. The fourth-order valence-corrected chi connectivity index (χ4v) is 6.35. The van der Waals surface area contributed by atoms with E-state index in [1.165, 1.54) is 23.9 Å². The van der Waals surface area contributed by atoms with E-state index in [1.807, 2.05) is 62.4 Å². The SMILES string of the molecule is CC(C)C[C@H]1C(=O)N(C)CC(=O)N[C@H](Cc2ccccc2)COc2ccccc2C(=O)N[C@H](C(=O)NCCc2ccc3c(c2)OCCO3)CC(=O)N1C. The average molecular weight is 728 g/mol. The maximum Gasteiger partial charge on any atom is 0.255 e. The highest BCUT2D eigenvalue weighted by atomic mass is 16.6. The molecule has 2 aliphatic rings. The molecular formula is C40H49N5O8. The molecule has 0 unspecified atom stereocenters. The van der Waals surface area contributed by atoms with Gasteiger partial charge in [0.25, 0.3) is 5.91 Å². The number of nitrogens with zero attached hydrogens (tertiary/aromatic N) is 2. The van der Waals surface area contributed by atoms with Crippen LogP contribution in [0.1, 0.15) is 48.2 Å². The first-order valence-electron chi connectivity index (χ1n) is 18.0. The zero-order valence-electron chi connectivity index (χ0n) is 30.8. The number of nitrogens with one attached hydrogen (secondary N) is 3. The van der Waals surface area contributed by atoms with Crippen LogP contribution >= 0.6 is 0 Å². The molecule has 282 valence electrons. The van der Waals surface area contributed by atoms with Gasteiger partial charge < -0.3 is 40.0 Å². The van der Waals surface area contributed by atoms with E-state index in [0.29, 0.717) is 44.0 Å². The number of carbonyl (C=O) groups excluding carboxylic acids is 5. The number of amides is 5. The molecule has 0 aromatic heterocycles. The highest BCUT2D eigenvalue weighted by molar-refractivity contribution is 6.01. The summed E-state index contributed by atoms with van der Waals surface area (Å²) in [6.45, 7) is 4.80. The predicted molar refractivity (Wildman–Crippen MR) is 198 cm³/mol. The van der Waals surface area contributed by atoms with Crippen molar-refractivity contribution in [3.8, 4) is 17.2 Å². The maximum absolute atomic E-state index is 13.9. The van der Waals surface area contributed by atoms with E-state index in [9.17, 15) is 24.0 Å². The molecule has 3 aromatic rings. The first-order valence-corrected chi connectivity index (χ1v) is 18.0. The van der Waals surface area contributed by atoms with Gasteiger partial charge in [-0.2, -0.15) is 0 Å². The van der Waals surface area contributed by atoms with Crippen LogP contribution in [-0.2, 0) is 32.0 Å². The number of benzene rings is 3. The monoisotopic (exact) mass is 727 g/mol. The molecule has 0 saturated carbocycles. The van der Waals surface area contributed by atoms with Crippen LogP contribution in [0.5, 0.6) is 17.2 Å². The molecule has 0 radical (unpaired) electrons. The van der Waals surface area contributed by atoms with Crippen molar-refractivity contribution in [1.29, 1.82) is 0 Å². The Morgan fingerprint density at radius 1 is 0.849 bits per heavy atom. The van der Waals surface area contributed by atoms with Crippen LogP contribution in [0.25, 0.3) is 0 Å². The Hall–Kier alpha value is -5.59. The number of carbonyl (C=O) groups is 5. The van der Waals surface area contributed by atoms with Gasteiger partial charge in [0.05, 0.1) is 24.6 Å². The molecule has 0 spiro atoms. The molecule has 3 aromatic carbocycles. The summed E-state index contributed by atoms with van der Waals surface area (Å²) in [5.41, 5.74) is 2.03. The van der Waals surface area contributed by atoms with E-state index in [-0.39, 0.29) is 36.9 Å². The third-order valence-corrected chi connectivity index (χ3v) is 9.18. The van der Waals surface area contributed by atoms with Crippen LogP contribution in [0.4, 0.5) is 0 Å². The smallest absolute Gasteiger partial charge is 0.255 e. The Kier molecular flexibility index (Phi) is 13.3. The normalized spacial score (nSPS) is 20.1. The van der Waals surface area contributed by atoms with Gasteiger partial charge in [-0.15, -0.1) is 0 Å². The first-order chi connectivity index (χ1) is 25.5. The Bertz CT molecular complexity index is 1770. The van der Waals surface area contributed by atoms with Gasteiger partial charge in [0, 0.05) is 20.6 Å². The maximum atomic E-state index is 13.9. The second-order valence-corrected chi connectivity index (χ2v) is 13.9. The molecule has 0 saturated heterocycles.